The van der Waals surface area contributed by atoms with Crippen molar-refractivity contribution in [1.82, 2.24) is 20.0 Å². The van der Waals surface area contributed by atoms with Crippen molar-refractivity contribution < 1.29 is 19.1 Å². The zero-order chi connectivity index (χ0) is 23.3. The van der Waals surface area contributed by atoms with Gasteiger partial charge in [-0.1, -0.05) is 17.7 Å². The number of hydrogen-bond acceptors (Lipinski definition) is 5. The molecule has 1 atom stereocenters. The lowest BCUT2D eigenvalue weighted by atomic mass is 9.97. The second-order valence-electron chi connectivity index (χ2n) is 8.51. The lowest BCUT2D eigenvalue weighted by Gasteiger charge is -2.29. The van der Waals surface area contributed by atoms with Crippen molar-refractivity contribution in [3.63, 3.8) is 0 Å². The molecule has 33 heavy (non-hydrogen) atoms. The Labute approximate surface area is 191 Å². The summed E-state index contributed by atoms with van der Waals surface area (Å²) in [5.74, 6) is -0.129. The van der Waals surface area contributed by atoms with Gasteiger partial charge in [-0.25, -0.2) is 0 Å². The molecule has 3 heterocycles. The highest BCUT2D eigenvalue weighted by atomic mass is 16.5. The third kappa shape index (κ3) is 3.47. The van der Waals surface area contributed by atoms with E-state index in [1.807, 2.05) is 55.2 Å². The minimum absolute atomic E-state index is 0.183. The van der Waals surface area contributed by atoms with Gasteiger partial charge in [0, 0.05) is 36.7 Å². The van der Waals surface area contributed by atoms with E-state index in [4.69, 9.17) is 4.74 Å². The van der Waals surface area contributed by atoms with Gasteiger partial charge < -0.3 is 9.64 Å². The molecule has 0 radical (unpaired) electrons. The normalized spacial score (nSPS) is 17.8. The minimum atomic E-state index is -0.628. The van der Waals surface area contributed by atoms with E-state index in [0.29, 0.717) is 18.5 Å². The van der Waals surface area contributed by atoms with Gasteiger partial charge in [0.1, 0.15) is 11.8 Å². The molecule has 1 fully saturated rings. The highest BCUT2D eigenvalue weighted by molar-refractivity contribution is 6.05. The Balaban J connectivity index is 1.52. The molecule has 0 bridgehead atoms. The number of ether oxygens (including phenoxy) is 1. The first kappa shape index (κ1) is 20.9. The molecule has 5 rings (SSSR count). The van der Waals surface area contributed by atoms with E-state index >= 15 is 0 Å². The second-order valence-corrected chi connectivity index (χ2v) is 8.51. The predicted molar refractivity (Wildman–Crippen MR) is 121 cm³/mol. The lowest BCUT2D eigenvalue weighted by molar-refractivity contribution is -0.136. The van der Waals surface area contributed by atoms with Gasteiger partial charge in [-0.05, 0) is 48.7 Å². The Bertz CT molecular complexity index is 1310. The highest BCUT2D eigenvalue weighted by Crippen LogP contribution is 2.39. The van der Waals surface area contributed by atoms with Gasteiger partial charge >= 0.3 is 0 Å². The Kier molecular flexibility index (Phi) is 5.00. The van der Waals surface area contributed by atoms with Gasteiger partial charge in [0.05, 0.1) is 19.0 Å². The van der Waals surface area contributed by atoms with Crippen LogP contribution in [0.15, 0.2) is 42.6 Å². The van der Waals surface area contributed by atoms with E-state index in [2.05, 4.69) is 16.5 Å². The summed E-state index contributed by atoms with van der Waals surface area (Å²) in [6.45, 7) is 2.36. The number of aromatic nitrogens is 2. The number of hydrogen-bond donors (Lipinski definition) is 1. The summed E-state index contributed by atoms with van der Waals surface area (Å²) in [7, 11) is 3.54. The largest absolute Gasteiger partial charge is 0.496 e. The zero-order valence-corrected chi connectivity index (χ0v) is 18.7. The molecule has 1 aromatic heterocycles. The summed E-state index contributed by atoms with van der Waals surface area (Å²) < 4.78 is 7.42. The molecule has 2 aliphatic rings. The first-order chi connectivity index (χ1) is 15.9. The topological polar surface area (TPSA) is 93.5 Å². The molecular weight excluding hydrogens is 420 g/mol. The van der Waals surface area contributed by atoms with Crippen LogP contribution in [0.4, 0.5) is 0 Å². The van der Waals surface area contributed by atoms with Crippen molar-refractivity contribution in [1.29, 1.82) is 0 Å². The monoisotopic (exact) mass is 444 g/mol. The molecule has 0 spiro atoms. The van der Waals surface area contributed by atoms with Gasteiger partial charge in [-0.3, -0.25) is 24.4 Å². The Morgan fingerprint density at radius 1 is 1.06 bits per heavy atom. The lowest BCUT2D eigenvalue weighted by Crippen LogP contribution is -2.52. The van der Waals surface area contributed by atoms with Crippen LogP contribution in [-0.2, 0) is 23.2 Å². The van der Waals surface area contributed by atoms with Crippen LogP contribution in [0.1, 0.15) is 34.3 Å². The van der Waals surface area contributed by atoms with Gasteiger partial charge in [-0.15, -0.1) is 0 Å². The Morgan fingerprint density at radius 2 is 1.88 bits per heavy atom. The molecule has 3 aromatic rings. The molecule has 8 nitrogen and oxygen atoms in total. The predicted octanol–water partition coefficient (Wildman–Crippen LogP) is 2.83. The number of amides is 3. The molecule has 2 aromatic carbocycles. The molecule has 1 unspecified atom stereocenters. The fourth-order valence-corrected chi connectivity index (χ4v) is 4.72. The van der Waals surface area contributed by atoms with Crippen LogP contribution >= 0.6 is 0 Å². The Hall–Kier alpha value is -3.94. The molecule has 3 amide bonds. The van der Waals surface area contributed by atoms with Gasteiger partial charge in [0.25, 0.3) is 5.91 Å². The maximum atomic E-state index is 13.0. The summed E-state index contributed by atoms with van der Waals surface area (Å²) in [4.78, 5) is 38.4. The van der Waals surface area contributed by atoms with Crippen molar-refractivity contribution in [3.05, 3.63) is 59.3 Å². The molecule has 0 aliphatic carbocycles. The van der Waals surface area contributed by atoms with E-state index in [9.17, 15) is 14.4 Å². The van der Waals surface area contributed by atoms with Crippen LogP contribution in [0, 0.1) is 6.92 Å². The molecule has 8 heteroatoms. The molecule has 1 saturated heterocycles. The number of imide groups is 1. The van der Waals surface area contributed by atoms with Gasteiger partial charge in [-0.2, -0.15) is 5.10 Å². The van der Waals surface area contributed by atoms with Crippen molar-refractivity contribution in [2.45, 2.75) is 32.4 Å². The number of piperidine rings is 1. The Morgan fingerprint density at radius 3 is 2.64 bits per heavy atom. The average molecular weight is 444 g/mol. The second kappa shape index (κ2) is 7.88. The van der Waals surface area contributed by atoms with Crippen molar-refractivity contribution >= 4 is 17.7 Å². The van der Waals surface area contributed by atoms with E-state index in [1.54, 1.807) is 12.0 Å². The number of carbonyl (C=O) groups is 3. The number of fused-ring (bicyclic) bond motifs is 1. The van der Waals surface area contributed by atoms with E-state index in [1.165, 1.54) is 0 Å². The average Bonchev–Trinajstić information content (AvgIpc) is 3.33. The number of aryl methyl sites for hydroxylation is 2. The smallest absolute Gasteiger partial charge is 0.255 e. The maximum absolute atomic E-state index is 13.0. The summed E-state index contributed by atoms with van der Waals surface area (Å²) in [5.41, 5.74) is 6.26. The third-order valence-electron chi connectivity index (χ3n) is 6.38. The number of benzene rings is 2. The van der Waals surface area contributed by atoms with Gasteiger partial charge in [0.2, 0.25) is 11.8 Å². The number of methoxy groups -OCH3 is 1. The quantitative estimate of drug-likeness (QED) is 0.625. The van der Waals surface area contributed by atoms with E-state index in [-0.39, 0.29) is 18.2 Å². The first-order valence-electron chi connectivity index (χ1n) is 10.8. The molecule has 0 saturated carbocycles. The summed E-state index contributed by atoms with van der Waals surface area (Å²) in [5, 5.41) is 6.83. The van der Waals surface area contributed by atoms with Crippen LogP contribution in [0.25, 0.3) is 22.4 Å². The maximum Gasteiger partial charge on any atom is 0.255 e. The number of carbonyl (C=O) groups excluding carboxylic acids is 3. The highest BCUT2D eigenvalue weighted by Gasteiger charge is 2.39. The van der Waals surface area contributed by atoms with E-state index < -0.39 is 11.9 Å². The van der Waals surface area contributed by atoms with Gasteiger partial charge in [0.15, 0.2) is 0 Å². The summed E-state index contributed by atoms with van der Waals surface area (Å²) in [6.07, 6.45) is 2.39. The molecular formula is C25H24N4O4. The summed E-state index contributed by atoms with van der Waals surface area (Å²) in [6, 6.07) is 11.1. The van der Waals surface area contributed by atoms with Crippen LogP contribution in [0.3, 0.4) is 0 Å². The molecule has 2 aliphatic heterocycles. The van der Waals surface area contributed by atoms with Crippen LogP contribution < -0.4 is 10.1 Å². The summed E-state index contributed by atoms with van der Waals surface area (Å²) >= 11 is 0. The zero-order valence-electron chi connectivity index (χ0n) is 18.7. The number of nitrogens with zero attached hydrogens (tertiary/aromatic N) is 3. The van der Waals surface area contributed by atoms with Crippen LogP contribution in [0.5, 0.6) is 5.75 Å². The molecule has 168 valence electrons. The fraction of sp³-hybridized carbons (Fsp3) is 0.280. The number of nitrogens with one attached hydrogen (secondary N) is 1. The standard InChI is InChI=1S/C25H24N4O4/c1-14-4-8-21(33-3)18(10-14)23-19(12-26-28(23)2)15-5-6-17-16(11-15)13-29(25(17)32)20-7-9-22(30)27-24(20)31/h4-6,8,10-12,20H,7,9,13H2,1-3H3,(H,27,30,31). The van der Waals surface area contributed by atoms with Crippen molar-refractivity contribution in [2.75, 3.05) is 7.11 Å². The third-order valence-corrected chi connectivity index (χ3v) is 6.38. The fourth-order valence-electron chi connectivity index (χ4n) is 4.72. The van der Waals surface area contributed by atoms with Crippen molar-refractivity contribution in [3.8, 4) is 28.1 Å². The first-order valence-corrected chi connectivity index (χ1v) is 10.8. The van der Waals surface area contributed by atoms with E-state index in [0.717, 1.165) is 39.3 Å². The molecule has 1 N–H and O–H groups in total. The van der Waals surface area contributed by atoms with Crippen LogP contribution in [0.2, 0.25) is 0 Å². The number of rotatable bonds is 4. The van der Waals surface area contributed by atoms with Crippen LogP contribution in [-0.4, -0.2) is 45.6 Å². The minimum Gasteiger partial charge on any atom is -0.496 e. The SMILES string of the molecule is COc1ccc(C)cc1-c1c(-c2ccc3c(c2)CN(C2CCC(=O)NC2=O)C3=O)cnn1C. The van der Waals surface area contributed by atoms with Crippen molar-refractivity contribution in [2.24, 2.45) is 7.05 Å².